The first-order valence-corrected chi connectivity index (χ1v) is 12.6. The van der Waals surface area contributed by atoms with Crippen molar-refractivity contribution in [3.63, 3.8) is 0 Å². The van der Waals surface area contributed by atoms with Gasteiger partial charge in [0.1, 0.15) is 5.82 Å². The molecule has 0 unspecified atom stereocenters. The van der Waals surface area contributed by atoms with Crippen LogP contribution in [0.5, 0.6) is 0 Å². The second-order valence-electron chi connectivity index (χ2n) is 8.85. The fourth-order valence-corrected chi connectivity index (χ4v) is 6.39. The summed E-state index contributed by atoms with van der Waals surface area (Å²) in [6.07, 6.45) is 3.38. The Kier molecular flexibility index (Phi) is 5.28. The van der Waals surface area contributed by atoms with E-state index in [2.05, 4.69) is 35.2 Å². The van der Waals surface area contributed by atoms with Crippen LogP contribution < -0.4 is 10.3 Å². The second kappa shape index (κ2) is 8.44. The minimum absolute atomic E-state index is 0.0417. The van der Waals surface area contributed by atoms with Crippen LogP contribution in [-0.4, -0.2) is 18.1 Å². The van der Waals surface area contributed by atoms with Crippen molar-refractivity contribution in [1.82, 2.24) is 4.98 Å². The first kappa shape index (κ1) is 20.6. The van der Waals surface area contributed by atoms with Gasteiger partial charge >= 0.3 is 0 Å². The number of piperidine rings is 1. The second-order valence-corrected chi connectivity index (χ2v) is 10.3. The number of aromatic nitrogens is 1. The maximum Gasteiger partial charge on any atom is 0.196 e. The Balaban J connectivity index is 1.44. The summed E-state index contributed by atoms with van der Waals surface area (Å²) < 4.78 is 1.93. The Bertz CT molecular complexity index is 1540. The highest BCUT2D eigenvalue weighted by atomic mass is 35.5. The lowest BCUT2D eigenvalue weighted by atomic mass is 9.90. The molecule has 0 spiro atoms. The zero-order valence-electron chi connectivity index (χ0n) is 18.1. The van der Waals surface area contributed by atoms with Gasteiger partial charge in [-0.25, -0.2) is 4.98 Å². The zero-order valence-corrected chi connectivity index (χ0v) is 19.7. The first-order valence-electron chi connectivity index (χ1n) is 11.4. The average molecular weight is 471 g/mol. The first-order chi connectivity index (χ1) is 16.2. The van der Waals surface area contributed by atoms with Crippen LogP contribution in [-0.2, 0) is 6.42 Å². The molecule has 0 aliphatic carbocycles. The summed E-state index contributed by atoms with van der Waals surface area (Å²) in [7, 11) is 0. The van der Waals surface area contributed by atoms with Crippen LogP contribution in [0.25, 0.3) is 31.1 Å². The maximum atomic E-state index is 13.6. The van der Waals surface area contributed by atoms with E-state index in [0.29, 0.717) is 16.3 Å². The quantitative estimate of drug-likeness (QED) is 0.209. The summed E-state index contributed by atoms with van der Waals surface area (Å²) in [5.41, 5.74) is 2.32. The van der Waals surface area contributed by atoms with Crippen molar-refractivity contribution in [2.45, 2.75) is 19.3 Å². The van der Waals surface area contributed by atoms with Crippen LogP contribution >= 0.6 is 22.9 Å². The molecule has 33 heavy (non-hydrogen) atoms. The molecule has 1 aliphatic heterocycles. The number of pyridine rings is 1. The summed E-state index contributed by atoms with van der Waals surface area (Å²) in [6.45, 7) is 1.91. The summed E-state index contributed by atoms with van der Waals surface area (Å²) >= 11 is 7.88. The van der Waals surface area contributed by atoms with Gasteiger partial charge in [0.05, 0.1) is 15.6 Å². The van der Waals surface area contributed by atoms with E-state index < -0.39 is 0 Å². The molecule has 6 rings (SSSR count). The molecule has 1 saturated heterocycles. The summed E-state index contributed by atoms with van der Waals surface area (Å²) in [6, 6.07) is 24.3. The highest BCUT2D eigenvalue weighted by molar-refractivity contribution is 7.25. The molecule has 1 aliphatic rings. The number of fused-ring (bicyclic) bond motifs is 4. The molecule has 0 N–H and O–H groups in total. The Labute approximate surface area is 201 Å². The molecule has 0 amide bonds. The number of hydrogen-bond donors (Lipinski definition) is 0. The molecule has 3 heterocycles. The molecule has 0 saturated carbocycles. The molecule has 0 bridgehead atoms. The molecule has 2 aromatic heterocycles. The van der Waals surface area contributed by atoms with Gasteiger partial charge in [-0.15, -0.1) is 11.3 Å². The topological polar surface area (TPSA) is 33.2 Å². The van der Waals surface area contributed by atoms with Gasteiger partial charge in [0.25, 0.3) is 0 Å². The number of anilines is 1. The number of benzene rings is 3. The van der Waals surface area contributed by atoms with Gasteiger partial charge in [-0.05, 0) is 55.0 Å². The highest BCUT2D eigenvalue weighted by Gasteiger charge is 2.24. The van der Waals surface area contributed by atoms with Gasteiger partial charge in [0.15, 0.2) is 5.43 Å². The van der Waals surface area contributed by atoms with Crippen molar-refractivity contribution >= 4 is 59.8 Å². The predicted molar refractivity (Wildman–Crippen MR) is 141 cm³/mol. The van der Waals surface area contributed by atoms with E-state index in [0.717, 1.165) is 63.9 Å². The van der Waals surface area contributed by atoms with E-state index in [9.17, 15) is 4.79 Å². The summed E-state index contributed by atoms with van der Waals surface area (Å²) in [5, 5.41) is 2.95. The molecule has 5 aromatic rings. The molecule has 3 aromatic carbocycles. The minimum atomic E-state index is 0.0417. The lowest BCUT2D eigenvalue weighted by Gasteiger charge is -2.33. The smallest absolute Gasteiger partial charge is 0.196 e. The summed E-state index contributed by atoms with van der Waals surface area (Å²) in [4.78, 5) is 21.1. The summed E-state index contributed by atoms with van der Waals surface area (Å²) in [5.74, 6) is 1.62. The van der Waals surface area contributed by atoms with E-state index >= 15 is 0 Å². The van der Waals surface area contributed by atoms with Crippen molar-refractivity contribution < 1.29 is 0 Å². The molecule has 164 valence electrons. The normalized spacial score (nSPS) is 15.0. The van der Waals surface area contributed by atoms with Crippen LogP contribution in [0.4, 0.5) is 5.82 Å². The van der Waals surface area contributed by atoms with Crippen LogP contribution in [0.2, 0.25) is 5.02 Å². The molecule has 5 heteroatoms. The van der Waals surface area contributed by atoms with Gasteiger partial charge in [-0.2, -0.15) is 0 Å². The number of rotatable bonds is 3. The average Bonchev–Trinajstić information content (AvgIpc) is 2.85. The Morgan fingerprint density at radius 3 is 2.52 bits per heavy atom. The largest absolute Gasteiger partial charge is 0.355 e. The minimum Gasteiger partial charge on any atom is -0.355 e. The van der Waals surface area contributed by atoms with E-state index in [4.69, 9.17) is 16.6 Å². The van der Waals surface area contributed by atoms with Crippen LogP contribution in [0.1, 0.15) is 18.4 Å². The third-order valence-corrected chi connectivity index (χ3v) is 8.14. The van der Waals surface area contributed by atoms with Crippen molar-refractivity contribution in [3.8, 4) is 0 Å². The van der Waals surface area contributed by atoms with E-state index in [1.165, 1.54) is 5.56 Å². The maximum absolute atomic E-state index is 13.6. The third kappa shape index (κ3) is 3.77. The van der Waals surface area contributed by atoms with Gasteiger partial charge in [0, 0.05) is 33.6 Å². The molecular formula is C28H23ClN2OS. The van der Waals surface area contributed by atoms with E-state index in [-0.39, 0.29) is 5.43 Å². The van der Waals surface area contributed by atoms with Crippen LogP contribution in [0, 0.1) is 5.92 Å². The van der Waals surface area contributed by atoms with Gasteiger partial charge < -0.3 is 4.90 Å². The molecule has 0 atom stereocenters. The van der Waals surface area contributed by atoms with Crippen LogP contribution in [0.15, 0.2) is 77.6 Å². The predicted octanol–water partition coefficient (Wildman–Crippen LogP) is 7.08. The third-order valence-electron chi connectivity index (χ3n) is 6.74. The number of halogens is 1. The zero-order chi connectivity index (χ0) is 22.4. The van der Waals surface area contributed by atoms with Crippen molar-refractivity contribution in [2.75, 3.05) is 18.0 Å². The van der Waals surface area contributed by atoms with Crippen molar-refractivity contribution in [2.24, 2.45) is 5.92 Å². The number of hydrogen-bond acceptors (Lipinski definition) is 4. The van der Waals surface area contributed by atoms with Crippen molar-refractivity contribution in [3.05, 3.63) is 93.6 Å². The van der Waals surface area contributed by atoms with E-state index in [1.54, 1.807) is 17.4 Å². The Hall–Kier alpha value is -2.95. The highest BCUT2D eigenvalue weighted by Crippen LogP contribution is 2.37. The molecule has 0 radical (unpaired) electrons. The van der Waals surface area contributed by atoms with Crippen LogP contribution in [0.3, 0.4) is 0 Å². The van der Waals surface area contributed by atoms with Gasteiger partial charge in [-0.1, -0.05) is 60.1 Å². The van der Waals surface area contributed by atoms with Gasteiger partial charge in [-0.3, -0.25) is 4.79 Å². The molecular weight excluding hydrogens is 448 g/mol. The van der Waals surface area contributed by atoms with E-state index in [1.807, 2.05) is 36.4 Å². The fraction of sp³-hybridized carbons (Fsp3) is 0.214. The lowest BCUT2D eigenvalue weighted by molar-refractivity contribution is 0.403. The SMILES string of the molecule is O=c1c2cc(Cl)ccc2sc2c(N3CCC(Cc4ccccc4)CC3)nc3ccccc3c12. The van der Waals surface area contributed by atoms with Crippen molar-refractivity contribution in [1.29, 1.82) is 0 Å². The fourth-order valence-electron chi connectivity index (χ4n) is 5.03. The number of nitrogens with zero attached hydrogens (tertiary/aromatic N) is 2. The monoisotopic (exact) mass is 470 g/mol. The van der Waals surface area contributed by atoms with Gasteiger partial charge in [0.2, 0.25) is 0 Å². The Morgan fingerprint density at radius 1 is 0.939 bits per heavy atom. The molecule has 1 fully saturated rings. The number of para-hydroxylation sites is 1. The Morgan fingerprint density at radius 2 is 1.70 bits per heavy atom. The lowest BCUT2D eigenvalue weighted by Crippen LogP contribution is -2.35. The standard InChI is InChI=1S/C28H23ClN2OS/c29-20-10-11-24-22(17-20)26(32)25-21-8-4-5-9-23(21)30-28(27(25)33-24)31-14-12-19(13-15-31)16-18-6-2-1-3-7-18/h1-11,17,19H,12-16H2. The molecule has 3 nitrogen and oxygen atoms in total.